The van der Waals surface area contributed by atoms with E-state index >= 15 is 0 Å². The highest BCUT2D eigenvalue weighted by Crippen LogP contribution is 2.05. The number of hydrogen-bond donors (Lipinski definition) is 2. The third kappa shape index (κ3) is 5.27. The van der Waals surface area contributed by atoms with Crippen LogP contribution in [0.3, 0.4) is 0 Å². The van der Waals surface area contributed by atoms with Crippen molar-refractivity contribution in [3.8, 4) is 0 Å². The summed E-state index contributed by atoms with van der Waals surface area (Å²) in [5.74, 6) is -0.498. The highest BCUT2D eigenvalue weighted by atomic mass is 16.2. The minimum Gasteiger partial charge on any atom is -0.350 e. The monoisotopic (exact) mass is 342 g/mol. The fourth-order valence-corrected chi connectivity index (χ4v) is 2.31. The van der Waals surface area contributed by atoms with Crippen LogP contribution in [-0.4, -0.2) is 21.4 Å². The lowest BCUT2D eigenvalue weighted by Gasteiger charge is -2.13. The highest BCUT2D eigenvalue weighted by Gasteiger charge is 2.12. The molecule has 0 saturated carbocycles. The van der Waals surface area contributed by atoms with Crippen LogP contribution in [0.15, 0.2) is 41.5 Å². The van der Waals surface area contributed by atoms with Crippen molar-refractivity contribution in [1.29, 1.82) is 0 Å². The van der Waals surface area contributed by atoms with Gasteiger partial charge in [0.25, 0.3) is 5.56 Å². The molecular weight excluding hydrogens is 320 g/mol. The lowest BCUT2D eigenvalue weighted by Crippen LogP contribution is -2.34. The van der Waals surface area contributed by atoms with Crippen LogP contribution < -0.4 is 16.2 Å². The van der Waals surface area contributed by atoms with Gasteiger partial charge in [0.2, 0.25) is 11.8 Å². The summed E-state index contributed by atoms with van der Waals surface area (Å²) in [5, 5.41) is 5.35. The van der Waals surface area contributed by atoms with E-state index in [-0.39, 0.29) is 29.6 Å². The minimum absolute atomic E-state index is 0.109. The van der Waals surface area contributed by atoms with Crippen LogP contribution in [0.5, 0.6) is 0 Å². The van der Waals surface area contributed by atoms with Gasteiger partial charge in [-0.05, 0) is 37.1 Å². The van der Waals surface area contributed by atoms with Gasteiger partial charge in [-0.2, -0.15) is 0 Å². The molecule has 0 bridgehead atoms. The first kappa shape index (κ1) is 18.4. The molecule has 0 saturated heterocycles. The minimum atomic E-state index is -0.388. The molecule has 132 valence electrons. The summed E-state index contributed by atoms with van der Waals surface area (Å²) in [7, 11) is 0. The molecule has 2 aromatic heterocycles. The molecule has 25 heavy (non-hydrogen) atoms. The predicted molar refractivity (Wildman–Crippen MR) is 95.1 cm³/mol. The maximum atomic E-state index is 12.5. The van der Waals surface area contributed by atoms with Crippen LogP contribution in [0.4, 0.5) is 5.69 Å². The number of aromatic nitrogens is 2. The second-order valence-electron chi connectivity index (χ2n) is 5.72. The van der Waals surface area contributed by atoms with Gasteiger partial charge in [0.05, 0.1) is 0 Å². The van der Waals surface area contributed by atoms with Gasteiger partial charge >= 0.3 is 0 Å². The van der Waals surface area contributed by atoms with Crippen LogP contribution in [0, 0.1) is 6.92 Å². The lowest BCUT2D eigenvalue weighted by molar-refractivity contribution is -0.122. The molecule has 0 fully saturated rings. The number of nitrogens with one attached hydrogen (secondary N) is 2. The average Bonchev–Trinajstić information content (AvgIpc) is 2.60. The molecule has 7 nitrogen and oxygen atoms in total. The van der Waals surface area contributed by atoms with Crippen LogP contribution in [0.1, 0.15) is 31.0 Å². The largest absolute Gasteiger partial charge is 0.350 e. The first-order chi connectivity index (χ1) is 12.0. The second-order valence-corrected chi connectivity index (χ2v) is 5.72. The lowest BCUT2D eigenvalue weighted by atomic mass is 10.2. The maximum absolute atomic E-state index is 12.5. The number of carbonyl (C=O) groups excluding carboxylic acids is 2. The molecule has 7 heteroatoms. The van der Waals surface area contributed by atoms with Gasteiger partial charge in [-0.1, -0.05) is 13.0 Å². The Balaban J connectivity index is 2.06. The average molecular weight is 342 g/mol. The zero-order valence-electron chi connectivity index (χ0n) is 14.4. The molecule has 0 spiro atoms. The van der Waals surface area contributed by atoms with Gasteiger partial charge in [-0.3, -0.25) is 19.4 Å². The molecule has 0 aliphatic heterocycles. The van der Waals surface area contributed by atoms with Crippen molar-refractivity contribution in [3.05, 3.63) is 58.3 Å². The molecule has 2 aromatic rings. The molecule has 2 rings (SSSR count). The van der Waals surface area contributed by atoms with E-state index in [4.69, 9.17) is 0 Å². The molecule has 0 aromatic carbocycles. The van der Waals surface area contributed by atoms with E-state index in [1.165, 1.54) is 4.57 Å². The van der Waals surface area contributed by atoms with Crippen LogP contribution >= 0.6 is 0 Å². The van der Waals surface area contributed by atoms with Crippen molar-refractivity contribution in [1.82, 2.24) is 14.9 Å². The normalized spacial score (nSPS) is 10.3. The number of aryl methyl sites for hydroxylation is 1. The quantitative estimate of drug-likeness (QED) is 0.799. The smallest absolute Gasteiger partial charge is 0.274 e. The first-order valence-corrected chi connectivity index (χ1v) is 8.17. The summed E-state index contributed by atoms with van der Waals surface area (Å²) in [5.41, 5.74) is 1.32. The van der Waals surface area contributed by atoms with Crippen molar-refractivity contribution in [2.24, 2.45) is 0 Å². The van der Waals surface area contributed by atoms with Gasteiger partial charge in [0, 0.05) is 31.1 Å². The van der Waals surface area contributed by atoms with Crippen LogP contribution in [0.25, 0.3) is 0 Å². The van der Waals surface area contributed by atoms with Crippen molar-refractivity contribution >= 4 is 17.5 Å². The summed E-state index contributed by atoms with van der Waals surface area (Å²) < 4.78 is 1.35. The summed E-state index contributed by atoms with van der Waals surface area (Å²) in [6.45, 7) is 3.86. The Bertz CT molecular complexity index is 800. The highest BCUT2D eigenvalue weighted by molar-refractivity contribution is 5.90. The molecule has 2 amide bonds. The van der Waals surface area contributed by atoms with E-state index in [0.717, 1.165) is 5.56 Å². The molecule has 2 N–H and O–H groups in total. The number of amides is 2. The number of anilines is 1. The summed E-state index contributed by atoms with van der Waals surface area (Å²) >= 11 is 0. The predicted octanol–water partition coefficient (Wildman–Crippen LogP) is 1.61. The van der Waals surface area contributed by atoms with E-state index in [2.05, 4.69) is 15.6 Å². The Labute approximate surface area is 146 Å². The van der Waals surface area contributed by atoms with Gasteiger partial charge in [-0.15, -0.1) is 0 Å². The number of rotatable bonds is 7. The Morgan fingerprint density at radius 2 is 2.00 bits per heavy atom. The van der Waals surface area contributed by atoms with E-state index in [9.17, 15) is 14.4 Å². The summed E-state index contributed by atoms with van der Waals surface area (Å²) in [4.78, 5) is 40.3. The second kappa shape index (κ2) is 8.77. The van der Waals surface area contributed by atoms with Crippen molar-refractivity contribution < 1.29 is 9.59 Å². The SMILES string of the molecule is CCCC(=O)Nc1ccc(C)n(CC(=O)NCc2cccnc2)c1=O. The molecule has 0 radical (unpaired) electrons. The van der Waals surface area contributed by atoms with E-state index in [0.29, 0.717) is 25.1 Å². The number of hydrogen-bond acceptors (Lipinski definition) is 4. The zero-order valence-corrected chi connectivity index (χ0v) is 14.4. The fraction of sp³-hybridized carbons (Fsp3) is 0.333. The fourth-order valence-electron chi connectivity index (χ4n) is 2.31. The van der Waals surface area contributed by atoms with Crippen molar-refractivity contribution in [2.45, 2.75) is 39.8 Å². The molecule has 2 heterocycles. The summed E-state index contributed by atoms with van der Waals surface area (Å²) in [6, 6.07) is 6.92. The molecule has 0 aliphatic rings. The first-order valence-electron chi connectivity index (χ1n) is 8.17. The van der Waals surface area contributed by atoms with Crippen LogP contribution in [0.2, 0.25) is 0 Å². The zero-order chi connectivity index (χ0) is 18.2. The maximum Gasteiger partial charge on any atom is 0.274 e. The van der Waals surface area contributed by atoms with E-state index in [1.54, 1.807) is 37.5 Å². The van der Waals surface area contributed by atoms with Crippen molar-refractivity contribution in [2.75, 3.05) is 5.32 Å². The Morgan fingerprint density at radius 3 is 2.68 bits per heavy atom. The van der Waals surface area contributed by atoms with E-state index in [1.807, 2.05) is 13.0 Å². The van der Waals surface area contributed by atoms with Gasteiger partial charge in [-0.25, -0.2) is 0 Å². The summed E-state index contributed by atoms with van der Waals surface area (Å²) in [6.07, 6.45) is 4.37. The van der Waals surface area contributed by atoms with Gasteiger partial charge in [0.1, 0.15) is 12.2 Å². The topological polar surface area (TPSA) is 93.1 Å². The Kier molecular flexibility index (Phi) is 6.45. The molecule has 0 unspecified atom stereocenters. The number of pyridine rings is 2. The number of nitrogens with zero attached hydrogens (tertiary/aromatic N) is 2. The third-order valence-corrected chi connectivity index (χ3v) is 3.66. The third-order valence-electron chi connectivity index (χ3n) is 3.66. The molecule has 0 aliphatic carbocycles. The van der Waals surface area contributed by atoms with Crippen molar-refractivity contribution in [3.63, 3.8) is 0 Å². The van der Waals surface area contributed by atoms with E-state index < -0.39 is 0 Å². The number of carbonyl (C=O) groups is 2. The molecular formula is C18H22N4O3. The van der Waals surface area contributed by atoms with Crippen LogP contribution in [-0.2, 0) is 22.7 Å². The Hall–Kier alpha value is -2.96. The van der Waals surface area contributed by atoms with Gasteiger partial charge in [0.15, 0.2) is 0 Å². The Morgan fingerprint density at radius 1 is 1.20 bits per heavy atom. The van der Waals surface area contributed by atoms with Gasteiger partial charge < -0.3 is 15.2 Å². The molecule has 0 atom stereocenters. The standard InChI is InChI=1S/C18H22N4O3/c1-3-5-16(23)21-15-8-7-13(2)22(18(15)25)12-17(24)20-11-14-6-4-9-19-10-14/h4,6-10H,3,5,11-12H2,1-2H3,(H,20,24)(H,21,23).